The molecule has 1 fully saturated rings. The van der Waals surface area contributed by atoms with Crippen molar-refractivity contribution >= 4 is 11.6 Å². The van der Waals surface area contributed by atoms with Crippen LogP contribution >= 0.6 is 0 Å². The summed E-state index contributed by atoms with van der Waals surface area (Å²) in [5.41, 5.74) is 2.14. The van der Waals surface area contributed by atoms with Crippen LogP contribution in [-0.4, -0.2) is 25.5 Å². The number of hydrogen-bond acceptors (Lipinski definition) is 2. The molecule has 0 radical (unpaired) electrons. The first-order chi connectivity index (χ1) is 8.20. The summed E-state index contributed by atoms with van der Waals surface area (Å²) in [5.74, 6) is 0.180. The molecular weight excluding hydrogens is 212 g/mol. The number of hydrogen-bond donors (Lipinski definition) is 1. The Kier molecular flexibility index (Phi) is 3.79. The van der Waals surface area contributed by atoms with Crippen molar-refractivity contribution in [2.24, 2.45) is 0 Å². The zero-order valence-electron chi connectivity index (χ0n) is 10.6. The zero-order chi connectivity index (χ0) is 12.3. The van der Waals surface area contributed by atoms with Crippen LogP contribution in [0.2, 0.25) is 0 Å². The van der Waals surface area contributed by atoms with Crippen molar-refractivity contribution in [3.05, 3.63) is 29.8 Å². The molecule has 0 aromatic heterocycles. The number of piperidine rings is 1. The third kappa shape index (κ3) is 2.67. The summed E-state index contributed by atoms with van der Waals surface area (Å²) in [4.78, 5) is 14.1. The molecule has 1 aromatic rings. The van der Waals surface area contributed by atoms with E-state index in [4.69, 9.17) is 0 Å². The molecule has 0 spiro atoms. The highest BCUT2D eigenvalue weighted by Crippen LogP contribution is 2.20. The minimum absolute atomic E-state index is 0.00615. The van der Waals surface area contributed by atoms with E-state index in [1.165, 1.54) is 6.42 Å². The SMILES string of the molecule is Cc1ccccc1N(C)C(=O)C1CCCCN1. The molecule has 1 heterocycles. The van der Waals surface area contributed by atoms with E-state index < -0.39 is 0 Å². The third-order valence-corrected chi connectivity index (χ3v) is 3.42. The molecule has 17 heavy (non-hydrogen) atoms. The molecule has 3 heteroatoms. The van der Waals surface area contributed by atoms with Gasteiger partial charge in [-0.3, -0.25) is 4.79 Å². The average molecular weight is 232 g/mol. The molecule has 1 N–H and O–H groups in total. The van der Waals surface area contributed by atoms with Gasteiger partial charge >= 0.3 is 0 Å². The molecule has 2 rings (SSSR count). The van der Waals surface area contributed by atoms with Crippen LogP contribution in [0.5, 0.6) is 0 Å². The zero-order valence-corrected chi connectivity index (χ0v) is 10.6. The van der Waals surface area contributed by atoms with E-state index in [2.05, 4.69) is 5.32 Å². The fourth-order valence-corrected chi connectivity index (χ4v) is 2.35. The molecule has 0 bridgehead atoms. The number of nitrogens with one attached hydrogen (secondary N) is 1. The lowest BCUT2D eigenvalue weighted by molar-refractivity contribution is -0.120. The van der Waals surface area contributed by atoms with E-state index in [1.807, 2.05) is 38.2 Å². The first kappa shape index (κ1) is 12.1. The molecule has 92 valence electrons. The summed E-state index contributed by atoms with van der Waals surface area (Å²) in [6.45, 7) is 2.99. The van der Waals surface area contributed by atoms with Crippen molar-refractivity contribution in [2.75, 3.05) is 18.5 Å². The van der Waals surface area contributed by atoms with Crippen molar-refractivity contribution in [1.82, 2.24) is 5.32 Å². The average Bonchev–Trinajstić information content (AvgIpc) is 2.39. The second-order valence-corrected chi connectivity index (χ2v) is 4.69. The predicted molar refractivity (Wildman–Crippen MR) is 70.2 cm³/mol. The second-order valence-electron chi connectivity index (χ2n) is 4.69. The van der Waals surface area contributed by atoms with Crippen molar-refractivity contribution < 1.29 is 4.79 Å². The molecule has 1 saturated heterocycles. The lowest BCUT2D eigenvalue weighted by atomic mass is 10.0. The van der Waals surface area contributed by atoms with Crippen LogP contribution in [0.25, 0.3) is 0 Å². The summed E-state index contributed by atoms with van der Waals surface area (Å²) in [5, 5.41) is 3.30. The predicted octanol–water partition coefficient (Wildman–Crippen LogP) is 2.10. The Morgan fingerprint density at radius 3 is 2.76 bits per heavy atom. The Hall–Kier alpha value is -1.35. The Labute approximate surface area is 103 Å². The number of amides is 1. The number of para-hydroxylation sites is 1. The highest BCUT2D eigenvalue weighted by atomic mass is 16.2. The van der Waals surface area contributed by atoms with E-state index in [0.29, 0.717) is 0 Å². The van der Waals surface area contributed by atoms with Gasteiger partial charge in [-0.15, -0.1) is 0 Å². The van der Waals surface area contributed by atoms with Crippen LogP contribution in [0.1, 0.15) is 24.8 Å². The van der Waals surface area contributed by atoms with Crippen LogP contribution < -0.4 is 10.2 Å². The number of rotatable bonds is 2. The molecule has 3 nitrogen and oxygen atoms in total. The highest BCUT2D eigenvalue weighted by molar-refractivity contribution is 5.97. The Balaban J connectivity index is 2.11. The molecule has 1 atom stereocenters. The summed E-state index contributed by atoms with van der Waals surface area (Å²) in [7, 11) is 1.86. The Bertz CT molecular complexity index is 397. The first-order valence-electron chi connectivity index (χ1n) is 6.27. The van der Waals surface area contributed by atoms with Gasteiger partial charge in [-0.25, -0.2) is 0 Å². The summed E-state index contributed by atoms with van der Waals surface area (Å²) in [6.07, 6.45) is 3.28. The van der Waals surface area contributed by atoms with Gasteiger partial charge in [0.25, 0.3) is 0 Å². The van der Waals surface area contributed by atoms with E-state index in [9.17, 15) is 4.79 Å². The minimum Gasteiger partial charge on any atom is -0.314 e. The van der Waals surface area contributed by atoms with Crippen LogP contribution in [0.4, 0.5) is 5.69 Å². The van der Waals surface area contributed by atoms with Crippen LogP contribution in [0, 0.1) is 6.92 Å². The van der Waals surface area contributed by atoms with Gasteiger partial charge in [0.1, 0.15) is 0 Å². The van der Waals surface area contributed by atoms with Gasteiger partial charge in [0, 0.05) is 12.7 Å². The number of anilines is 1. The lowest BCUT2D eigenvalue weighted by Gasteiger charge is -2.28. The van der Waals surface area contributed by atoms with Crippen molar-refractivity contribution in [3.8, 4) is 0 Å². The molecular formula is C14H20N2O. The smallest absolute Gasteiger partial charge is 0.243 e. The maximum absolute atomic E-state index is 12.3. The lowest BCUT2D eigenvalue weighted by Crippen LogP contribution is -2.47. The number of benzene rings is 1. The Morgan fingerprint density at radius 1 is 1.35 bits per heavy atom. The van der Waals surface area contributed by atoms with Gasteiger partial charge < -0.3 is 10.2 Å². The van der Waals surface area contributed by atoms with Gasteiger partial charge in [0.15, 0.2) is 0 Å². The third-order valence-electron chi connectivity index (χ3n) is 3.42. The summed E-state index contributed by atoms with van der Waals surface area (Å²) >= 11 is 0. The molecule has 1 aliphatic heterocycles. The fraction of sp³-hybridized carbons (Fsp3) is 0.500. The number of carbonyl (C=O) groups is 1. The molecule has 0 aliphatic carbocycles. The highest BCUT2D eigenvalue weighted by Gasteiger charge is 2.24. The van der Waals surface area contributed by atoms with Gasteiger partial charge in [-0.05, 0) is 37.9 Å². The van der Waals surface area contributed by atoms with Gasteiger partial charge in [-0.1, -0.05) is 24.6 Å². The number of carbonyl (C=O) groups excluding carboxylic acids is 1. The maximum atomic E-state index is 12.3. The number of aryl methyl sites for hydroxylation is 1. The van der Waals surface area contributed by atoms with Crippen LogP contribution in [0.3, 0.4) is 0 Å². The fourth-order valence-electron chi connectivity index (χ4n) is 2.35. The Morgan fingerprint density at radius 2 is 2.12 bits per heavy atom. The second kappa shape index (κ2) is 5.32. The summed E-state index contributed by atoms with van der Waals surface area (Å²) < 4.78 is 0. The van der Waals surface area contributed by atoms with E-state index >= 15 is 0 Å². The van der Waals surface area contributed by atoms with Crippen molar-refractivity contribution in [3.63, 3.8) is 0 Å². The topological polar surface area (TPSA) is 32.3 Å². The molecule has 1 aromatic carbocycles. The van der Waals surface area contributed by atoms with E-state index in [-0.39, 0.29) is 11.9 Å². The van der Waals surface area contributed by atoms with E-state index in [0.717, 1.165) is 30.6 Å². The van der Waals surface area contributed by atoms with Gasteiger partial charge in [0.2, 0.25) is 5.91 Å². The summed E-state index contributed by atoms with van der Waals surface area (Å²) in [6, 6.07) is 7.99. The maximum Gasteiger partial charge on any atom is 0.243 e. The van der Waals surface area contributed by atoms with Gasteiger partial charge in [0.05, 0.1) is 6.04 Å². The molecule has 1 amide bonds. The number of nitrogens with zero attached hydrogens (tertiary/aromatic N) is 1. The first-order valence-corrected chi connectivity index (χ1v) is 6.27. The minimum atomic E-state index is -0.00615. The standard InChI is InChI=1S/C14H20N2O/c1-11-7-3-4-9-13(11)16(2)14(17)12-8-5-6-10-15-12/h3-4,7,9,12,15H,5-6,8,10H2,1-2H3. The van der Waals surface area contributed by atoms with Crippen LogP contribution in [0.15, 0.2) is 24.3 Å². The normalized spacial score (nSPS) is 20.0. The molecule has 0 saturated carbocycles. The molecule has 1 unspecified atom stereocenters. The monoisotopic (exact) mass is 232 g/mol. The van der Waals surface area contributed by atoms with Crippen molar-refractivity contribution in [2.45, 2.75) is 32.2 Å². The largest absolute Gasteiger partial charge is 0.314 e. The molecule has 1 aliphatic rings. The van der Waals surface area contributed by atoms with Gasteiger partial charge in [-0.2, -0.15) is 0 Å². The number of likely N-dealkylation sites (N-methyl/N-ethyl adjacent to an activating group) is 1. The van der Waals surface area contributed by atoms with E-state index in [1.54, 1.807) is 4.90 Å². The quantitative estimate of drug-likeness (QED) is 0.847. The van der Waals surface area contributed by atoms with Crippen molar-refractivity contribution in [1.29, 1.82) is 0 Å². The van der Waals surface area contributed by atoms with Crippen LogP contribution in [-0.2, 0) is 4.79 Å².